The van der Waals surface area contributed by atoms with Crippen molar-refractivity contribution >= 4 is 5.57 Å². The second-order valence-electron chi connectivity index (χ2n) is 5.81. The van der Waals surface area contributed by atoms with Gasteiger partial charge in [-0.3, -0.25) is 4.98 Å². The van der Waals surface area contributed by atoms with Gasteiger partial charge in [-0.15, -0.1) is 0 Å². The first-order valence-corrected chi connectivity index (χ1v) is 6.88. The summed E-state index contributed by atoms with van der Waals surface area (Å²) >= 11 is 0. The molecule has 21 heavy (non-hydrogen) atoms. The van der Waals surface area contributed by atoms with Crippen LogP contribution in [0.1, 0.15) is 36.2 Å². The second-order valence-corrected chi connectivity index (χ2v) is 5.81. The topological polar surface area (TPSA) is 45.9 Å². The lowest BCUT2D eigenvalue weighted by Gasteiger charge is -2.31. The summed E-state index contributed by atoms with van der Waals surface area (Å²) in [4.78, 5) is 4.52. The van der Waals surface area contributed by atoms with Gasteiger partial charge in [-0.2, -0.15) is 5.26 Å². The minimum absolute atomic E-state index is 0.400. The number of ether oxygens (including phenoxy) is 1. The molecule has 0 bridgehead atoms. The SMILES string of the molecule is Cc1ccc(C2=CC(C)(C)Oc3ccc(C#N)cc32)nc1. The Kier molecular flexibility index (Phi) is 3.03. The number of aromatic nitrogens is 1. The van der Waals surface area contributed by atoms with Gasteiger partial charge in [0.1, 0.15) is 11.4 Å². The predicted octanol–water partition coefficient (Wildman–Crippen LogP) is 3.86. The number of pyridine rings is 1. The summed E-state index contributed by atoms with van der Waals surface area (Å²) < 4.78 is 5.98. The lowest BCUT2D eigenvalue weighted by atomic mass is 9.91. The fourth-order valence-corrected chi connectivity index (χ4v) is 2.48. The van der Waals surface area contributed by atoms with Gasteiger partial charge in [-0.05, 0) is 56.7 Å². The zero-order chi connectivity index (χ0) is 15.0. The van der Waals surface area contributed by atoms with E-state index < -0.39 is 5.60 Å². The molecule has 3 rings (SSSR count). The van der Waals surface area contributed by atoms with Crippen molar-refractivity contribution < 1.29 is 4.74 Å². The molecule has 0 radical (unpaired) electrons. The van der Waals surface area contributed by atoms with E-state index in [4.69, 9.17) is 10.00 Å². The van der Waals surface area contributed by atoms with E-state index in [1.807, 2.05) is 51.2 Å². The zero-order valence-electron chi connectivity index (χ0n) is 12.3. The molecular formula is C18H16N2O. The number of nitriles is 1. The minimum Gasteiger partial charge on any atom is -0.483 e. The molecule has 1 aromatic carbocycles. The van der Waals surface area contributed by atoms with E-state index in [0.717, 1.165) is 28.1 Å². The lowest BCUT2D eigenvalue weighted by Crippen LogP contribution is -2.29. The second kappa shape index (κ2) is 4.75. The van der Waals surface area contributed by atoms with E-state index >= 15 is 0 Å². The summed E-state index contributed by atoms with van der Waals surface area (Å²) in [6, 6.07) is 11.7. The molecule has 0 aliphatic carbocycles. The summed E-state index contributed by atoms with van der Waals surface area (Å²) in [5.41, 5.74) is 4.17. The van der Waals surface area contributed by atoms with Gasteiger partial charge in [-0.1, -0.05) is 6.07 Å². The Hall–Kier alpha value is -2.60. The highest BCUT2D eigenvalue weighted by molar-refractivity contribution is 5.83. The molecular weight excluding hydrogens is 260 g/mol. The van der Waals surface area contributed by atoms with Crippen molar-refractivity contribution in [2.45, 2.75) is 26.4 Å². The van der Waals surface area contributed by atoms with Crippen molar-refractivity contribution in [2.24, 2.45) is 0 Å². The molecule has 0 atom stereocenters. The summed E-state index contributed by atoms with van der Waals surface area (Å²) in [7, 11) is 0. The first-order valence-electron chi connectivity index (χ1n) is 6.88. The van der Waals surface area contributed by atoms with Crippen LogP contribution in [0.25, 0.3) is 5.57 Å². The summed E-state index contributed by atoms with van der Waals surface area (Å²) in [6.45, 7) is 6.05. The van der Waals surface area contributed by atoms with Crippen molar-refractivity contribution in [1.29, 1.82) is 5.26 Å². The van der Waals surface area contributed by atoms with Crippen molar-refractivity contribution in [1.82, 2.24) is 4.98 Å². The number of aryl methyl sites for hydroxylation is 1. The molecule has 0 saturated heterocycles. The smallest absolute Gasteiger partial charge is 0.128 e. The maximum absolute atomic E-state index is 9.11. The molecule has 0 saturated carbocycles. The molecule has 1 aliphatic rings. The van der Waals surface area contributed by atoms with Gasteiger partial charge in [0.2, 0.25) is 0 Å². The predicted molar refractivity (Wildman–Crippen MR) is 81.9 cm³/mol. The van der Waals surface area contributed by atoms with Crippen LogP contribution in [-0.4, -0.2) is 10.6 Å². The third-order valence-electron chi connectivity index (χ3n) is 3.45. The molecule has 0 N–H and O–H groups in total. The molecule has 1 aromatic heterocycles. The van der Waals surface area contributed by atoms with Crippen LogP contribution in [0.2, 0.25) is 0 Å². The van der Waals surface area contributed by atoms with Crippen LogP contribution < -0.4 is 4.74 Å². The highest BCUT2D eigenvalue weighted by atomic mass is 16.5. The van der Waals surface area contributed by atoms with Crippen molar-refractivity contribution in [3.63, 3.8) is 0 Å². The molecule has 2 heterocycles. The van der Waals surface area contributed by atoms with Gasteiger partial charge in [0, 0.05) is 17.3 Å². The van der Waals surface area contributed by atoms with Gasteiger partial charge in [0.05, 0.1) is 17.3 Å². The number of fused-ring (bicyclic) bond motifs is 1. The summed E-state index contributed by atoms with van der Waals surface area (Å²) in [5, 5.41) is 9.11. The van der Waals surface area contributed by atoms with E-state index in [1.54, 1.807) is 6.07 Å². The average molecular weight is 276 g/mol. The molecule has 0 fully saturated rings. The number of rotatable bonds is 1. The zero-order valence-corrected chi connectivity index (χ0v) is 12.3. The van der Waals surface area contributed by atoms with Gasteiger partial charge in [0.15, 0.2) is 0 Å². The average Bonchev–Trinajstić information content (AvgIpc) is 2.46. The van der Waals surface area contributed by atoms with Gasteiger partial charge in [-0.25, -0.2) is 0 Å². The molecule has 104 valence electrons. The molecule has 3 heteroatoms. The van der Waals surface area contributed by atoms with Gasteiger partial charge < -0.3 is 4.74 Å². The van der Waals surface area contributed by atoms with E-state index in [1.165, 1.54) is 0 Å². The maximum Gasteiger partial charge on any atom is 0.128 e. The van der Waals surface area contributed by atoms with Gasteiger partial charge >= 0.3 is 0 Å². The molecule has 0 amide bonds. The Labute approximate surface area is 124 Å². The highest BCUT2D eigenvalue weighted by Gasteiger charge is 2.27. The van der Waals surface area contributed by atoms with Crippen molar-refractivity contribution in [2.75, 3.05) is 0 Å². The van der Waals surface area contributed by atoms with E-state index in [9.17, 15) is 0 Å². The number of hydrogen-bond acceptors (Lipinski definition) is 3. The van der Waals surface area contributed by atoms with Crippen molar-refractivity contribution in [3.8, 4) is 11.8 Å². The Balaban J connectivity index is 2.20. The molecule has 2 aromatic rings. The van der Waals surface area contributed by atoms with E-state index in [-0.39, 0.29) is 0 Å². The van der Waals surface area contributed by atoms with Crippen LogP contribution in [0.5, 0.6) is 5.75 Å². The monoisotopic (exact) mass is 276 g/mol. The number of nitrogens with zero attached hydrogens (tertiary/aromatic N) is 2. The molecule has 0 spiro atoms. The first kappa shape index (κ1) is 13.4. The fraction of sp³-hybridized carbons (Fsp3) is 0.222. The van der Waals surface area contributed by atoms with Crippen LogP contribution in [0.15, 0.2) is 42.6 Å². The normalized spacial score (nSPS) is 15.4. The van der Waals surface area contributed by atoms with Crippen LogP contribution in [0.3, 0.4) is 0 Å². The first-order chi connectivity index (χ1) is 9.98. The van der Waals surface area contributed by atoms with Crippen molar-refractivity contribution in [3.05, 3.63) is 65.0 Å². The lowest BCUT2D eigenvalue weighted by molar-refractivity contribution is 0.158. The van der Waals surface area contributed by atoms with Crippen LogP contribution in [0, 0.1) is 18.3 Å². The third-order valence-corrected chi connectivity index (χ3v) is 3.45. The van der Waals surface area contributed by atoms with Crippen LogP contribution >= 0.6 is 0 Å². The third kappa shape index (κ3) is 2.53. The Morgan fingerprint density at radius 1 is 1.19 bits per heavy atom. The molecule has 1 aliphatic heterocycles. The van der Waals surface area contributed by atoms with E-state index in [0.29, 0.717) is 5.56 Å². The largest absolute Gasteiger partial charge is 0.483 e. The minimum atomic E-state index is -0.400. The number of benzene rings is 1. The van der Waals surface area contributed by atoms with Crippen LogP contribution in [0.4, 0.5) is 0 Å². The fourth-order valence-electron chi connectivity index (χ4n) is 2.48. The molecule has 0 unspecified atom stereocenters. The Bertz CT molecular complexity index is 765. The Morgan fingerprint density at radius 3 is 2.67 bits per heavy atom. The summed E-state index contributed by atoms with van der Waals surface area (Å²) in [6.07, 6.45) is 3.92. The summed E-state index contributed by atoms with van der Waals surface area (Å²) in [5.74, 6) is 0.791. The quantitative estimate of drug-likeness (QED) is 0.794. The highest BCUT2D eigenvalue weighted by Crippen LogP contribution is 2.39. The van der Waals surface area contributed by atoms with E-state index in [2.05, 4.69) is 17.1 Å². The standard InChI is InChI=1S/C18H16N2O/c1-12-4-6-16(20-11-12)15-9-18(2,3)21-17-7-5-13(10-19)8-14(15)17/h4-9,11H,1-3H3. The number of hydrogen-bond donors (Lipinski definition) is 0. The Morgan fingerprint density at radius 2 is 2.00 bits per heavy atom. The maximum atomic E-state index is 9.11. The van der Waals surface area contributed by atoms with Gasteiger partial charge in [0.25, 0.3) is 0 Å². The molecule has 3 nitrogen and oxygen atoms in total. The van der Waals surface area contributed by atoms with Crippen LogP contribution in [-0.2, 0) is 0 Å².